The van der Waals surface area contributed by atoms with E-state index >= 15 is 0 Å². The molecule has 1 aromatic rings. The smallest absolute Gasteiger partial charge is 0.234 e. The molecule has 4 aliphatic heterocycles. The van der Waals surface area contributed by atoms with E-state index in [2.05, 4.69) is 38.3 Å². The van der Waals surface area contributed by atoms with E-state index in [4.69, 9.17) is 16.3 Å². The first-order valence-corrected chi connectivity index (χ1v) is 11.4. The highest BCUT2D eigenvalue weighted by molar-refractivity contribution is 6.30. The fourth-order valence-electron chi connectivity index (χ4n) is 6.36. The lowest BCUT2D eigenvalue weighted by Crippen LogP contribution is -2.62. The molecule has 0 radical (unpaired) electrons. The summed E-state index contributed by atoms with van der Waals surface area (Å²) in [6, 6.07) is 7.27. The fourth-order valence-corrected chi connectivity index (χ4v) is 6.48. The highest BCUT2D eigenvalue weighted by Crippen LogP contribution is 2.52. The van der Waals surface area contributed by atoms with Gasteiger partial charge in [-0.25, -0.2) is 0 Å². The summed E-state index contributed by atoms with van der Waals surface area (Å²) in [6.45, 7) is 9.07. The monoisotopic (exact) mass is 443 g/mol. The lowest BCUT2D eigenvalue weighted by Gasteiger charge is -2.47. The summed E-state index contributed by atoms with van der Waals surface area (Å²) in [4.78, 5) is 28.6. The number of carbonyl (C=O) groups excluding carboxylic acids is 2. The Morgan fingerprint density at radius 2 is 1.81 bits per heavy atom. The normalized spacial score (nSPS) is 35.5. The van der Waals surface area contributed by atoms with Gasteiger partial charge in [-0.15, -0.1) is 0 Å². The minimum atomic E-state index is -0.726. The number of hydrogen-bond acceptors (Lipinski definition) is 4. The van der Waals surface area contributed by atoms with E-state index in [9.17, 15) is 9.59 Å². The molecule has 0 aliphatic carbocycles. The molecule has 4 atom stereocenters. The van der Waals surface area contributed by atoms with E-state index in [1.54, 1.807) is 17.0 Å². The van der Waals surface area contributed by atoms with Crippen molar-refractivity contribution in [1.82, 2.24) is 10.6 Å². The number of halogens is 1. The largest absolute Gasteiger partial charge is 0.360 e. The van der Waals surface area contributed by atoms with Crippen LogP contribution in [0.15, 0.2) is 36.4 Å². The number of benzene rings is 1. The van der Waals surface area contributed by atoms with Crippen molar-refractivity contribution in [3.8, 4) is 0 Å². The summed E-state index contributed by atoms with van der Waals surface area (Å²) in [6.07, 6.45) is 5.28. The van der Waals surface area contributed by atoms with E-state index in [-0.39, 0.29) is 35.0 Å². The number of carbonyl (C=O) groups is 2. The number of rotatable bonds is 3. The minimum Gasteiger partial charge on any atom is -0.360 e. The van der Waals surface area contributed by atoms with Crippen LogP contribution < -0.4 is 15.5 Å². The molecule has 2 amide bonds. The third kappa shape index (κ3) is 3.49. The molecule has 1 aromatic carbocycles. The molecule has 2 N–H and O–H groups in total. The maximum Gasteiger partial charge on any atom is 0.234 e. The molecule has 2 bridgehead atoms. The van der Waals surface area contributed by atoms with Crippen LogP contribution in [-0.2, 0) is 14.3 Å². The van der Waals surface area contributed by atoms with Crippen LogP contribution in [0, 0.1) is 11.8 Å². The molecule has 166 valence electrons. The Hall–Kier alpha value is -1.89. The van der Waals surface area contributed by atoms with E-state index in [0.29, 0.717) is 11.6 Å². The molecule has 7 heteroatoms. The number of amides is 2. The molecular formula is C24H30ClN3O3. The van der Waals surface area contributed by atoms with Gasteiger partial charge in [0, 0.05) is 27.8 Å². The van der Waals surface area contributed by atoms with Gasteiger partial charge in [-0.05, 0) is 64.8 Å². The third-order valence-electron chi connectivity index (χ3n) is 7.08. The average molecular weight is 444 g/mol. The topological polar surface area (TPSA) is 70.7 Å². The van der Waals surface area contributed by atoms with Gasteiger partial charge >= 0.3 is 0 Å². The second-order valence-corrected chi connectivity index (χ2v) is 11.2. The van der Waals surface area contributed by atoms with Crippen molar-refractivity contribution >= 4 is 29.1 Å². The molecule has 31 heavy (non-hydrogen) atoms. The number of nitrogens with zero attached hydrogens (tertiary/aromatic N) is 1. The van der Waals surface area contributed by atoms with Gasteiger partial charge in [0.25, 0.3) is 0 Å². The molecule has 4 aliphatic rings. The second kappa shape index (κ2) is 6.80. The predicted molar refractivity (Wildman–Crippen MR) is 120 cm³/mol. The van der Waals surface area contributed by atoms with Crippen LogP contribution >= 0.6 is 11.6 Å². The van der Waals surface area contributed by atoms with Crippen molar-refractivity contribution in [3.63, 3.8) is 0 Å². The van der Waals surface area contributed by atoms with Crippen LogP contribution in [0.2, 0.25) is 5.02 Å². The summed E-state index contributed by atoms with van der Waals surface area (Å²) in [5, 5.41) is 7.53. The fraction of sp³-hybridized carbons (Fsp3) is 0.583. The predicted octanol–water partition coefficient (Wildman–Crippen LogP) is 3.05. The average Bonchev–Trinajstić information content (AvgIpc) is 3.28. The maximum absolute atomic E-state index is 13.5. The molecule has 0 saturated carbocycles. The number of fused-ring (bicyclic) bond motifs is 1. The Balaban J connectivity index is 1.37. The van der Waals surface area contributed by atoms with E-state index in [0.717, 1.165) is 18.5 Å². The molecule has 0 aromatic heterocycles. The van der Waals surface area contributed by atoms with E-state index in [1.165, 1.54) is 0 Å². The van der Waals surface area contributed by atoms with Gasteiger partial charge < -0.3 is 20.3 Å². The summed E-state index contributed by atoms with van der Waals surface area (Å²) in [5.74, 6) is -1.14. The van der Waals surface area contributed by atoms with Gasteiger partial charge in [-0.2, -0.15) is 0 Å². The summed E-state index contributed by atoms with van der Waals surface area (Å²) < 4.78 is 6.26. The van der Waals surface area contributed by atoms with Crippen molar-refractivity contribution in [2.45, 2.75) is 69.4 Å². The number of hydrogen-bond donors (Lipinski definition) is 2. The van der Waals surface area contributed by atoms with Gasteiger partial charge in [-0.3, -0.25) is 9.59 Å². The van der Waals surface area contributed by atoms with Crippen molar-refractivity contribution < 1.29 is 14.3 Å². The Labute approximate surface area is 188 Å². The zero-order valence-corrected chi connectivity index (χ0v) is 19.2. The van der Waals surface area contributed by atoms with Crippen molar-refractivity contribution in [1.29, 1.82) is 0 Å². The van der Waals surface area contributed by atoms with Gasteiger partial charge in [0.05, 0.1) is 24.5 Å². The first-order chi connectivity index (χ1) is 14.5. The lowest BCUT2D eigenvalue weighted by atomic mass is 9.75. The molecule has 3 fully saturated rings. The van der Waals surface area contributed by atoms with Gasteiger partial charge in [0.1, 0.15) is 5.60 Å². The third-order valence-corrected chi connectivity index (χ3v) is 7.33. The van der Waals surface area contributed by atoms with Gasteiger partial charge in [0.15, 0.2) is 0 Å². The number of ether oxygens (including phenoxy) is 1. The van der Waals surface area contributed by atoms with Crippen molar-refractivity contribution in [2.24, 2.45) is 11.8 Å². The highest BCUT2D eigenvalue weighted by Gasteiger charge is 2.67. The van der Waals surface area contributed by atoms with Gasteiger partial charge in [-0.1, -0.05) is 23.8 Å². The van der Waals surface area contributed by atoms with Crippen molar-refractivity contribution in [3.05, 3.63) is 41.4 Å². The molecule has 6 nitrogen and oxygen atoms in total. The molecule has 0 unspecified atom stereocenters. The first kappa shape index (κ1) is 21.0. The number of nitrogens with one attached hydrogen (secondary N) is 2. The maximum atomic E-state index is 13.5. The van der Waals surface area contributed by atoms with E-state index < -0.39 is 17.4 Å². The Kier molecular flexibility index (Phi) is 4.60. The zero-order valence-electron chi connectivity index (χ0n) is 18.4. The van der Waals surface area contributed by atoms with Crippen LogP contribution in [0.25, 0.3) is 0 Å². The second-order valence-electron chi connectivity index (χ2n) is 10.8. The summed E-state index contributed by atoms with van der Waals surface area (Å²) >= 11 is 6.01. The minimum absolute atomic E-state index is 0.0553. The quantitative estimate of drug-likeness (QED) is 0.704. The number of anilines is 1. The van der Waals surface area contributed by atoms with Crippen LogP contribution in [-0.4, -0.2) is 47.2 Å². The summed E-state index contributed by atoms with van der Waals surface area (Å²) in [7, 11) is 0. The lowest BCUT2D eigenvalue weighted by molar-refractivity contribution is -0.132. The van der Waals surface area contributed by atoms with Crippen LogP contribution in [0.1, 0.15) is 40.5 Å². The van der Waals surface area contributed by atoms with E-state index in [1.807, 2.05) is 24.3 Å². The Morgan fingerprint density at radius 1 is 1.16 bits per heavy atom. The molecule has 5 rings (SSSR count). The SMILES string of the molecule is CC1(C)CC(NC(=O)[C@H]2[C@H]3C=C[C@]4(CN(c5ccc(Cl)cc5)C(=O)[C@@H]24)O3)CC(C)(C)N1. The molecule has 1 spiro atoms. The zero-order chi connectivity index (χ0) is 22.2. The van der Waals surface area contributed by atoms with Crippen molar-refractivity contribution in [2.75, 3.05) is 11.4 Å². The Morgan fingerprint density at radius 3 is 2.45 bits per heavy atom. The molecular weight excluding hydrogens is 414 g/mol. The van der Waals surface area contributed by atoms with Crippen LogP contribution in [0.3, 0.4) is 0 Å². The van der Waals surface area contributed by atoms with Crippen LogP contribution in [0.4, 0.5) is 5.69 Å². The van der Waals surface area contributed by atoms with Crippen LogP contribution in [0.5, 0.6) is 0 Å². The first-order valence-electron chi connectivity index (χ1n) is 11.0. The highest BCUT2D eigenvalue weighted by atomic mass is 35.5. The van der Waals surface area contributed by atoms with Gasteiger partial charge in [0.2, 0.25) is 11.8 Å². The Bertz CT molecular complexity index is 941. The standard InChI is InChI=1S/C24H30ClN3O3/c1-22(2)11-15(12-23(3,4)27-22)26-20(29)18-17-9-10-24(31-17)13-28(21(30)19(18)24)16-7-5-14(25)6-8-16/h5-10,15,17-19,27H,11-13H2,1-4H3,(H,26,29)/t17-,18+,19-,24-/m1/s1. The number of piperidine rings is 1. The molecule has 3 saturated heterocycles. The molecule has 4 heterocycles. The summed E-state index contributed by atoms with van der Waals surface area (Å²) in [5.41, 5.74) is -0.0865.